The molecule has 1 atom stereocenters. The predicted octanol–water partition coefficient (Wildman–Crippen LogP) is 5.61. The number of hydrogen-bond acceptors (Lipinski definition) is 5. The van der Waals surface area contributed by atoms with Crippen LogP contribution in [-0.4, -0.2) is 37.0 Å². The fourth-order valence-electron chi connectivity index (χ4n) is 3.74. The van der Waals surface area contributed by atoms with Crippen molar-refractivity contribution in [3.8, 4) is 11.1 Å². The van der Waals surface area contributed by atoms with E-state index in [-0.39, 0.29) is 5.91 Å². The van der Waals surface area contributed by atoms with Crippen LogP contribution in [0.15, 0.2) is 66.7 Å². The minimum absolute atomic E-state index is 0.284. The van der Waals surface area contributed by atoms with E-state index in [9.17, 15) is 9.59 Å². The van der Waals surface area contributed by atoms with E-state index in [1.54, 1.807) is 11.8 Å². The number of carbonyl (C=O) groups excluding carboxylic acids is 2. The molecule has 34 heavy (non-hydrogen) atoms. The van der Waals surface area contributed by atoms with Crippen LogP contribution in [0.3, 0.4) is 0 Å². The molecule has 3 rings (SSSR count). The summed E-state index contributed by atoms with van der Waals surface area (Å²) in [6.07, 6.45) is 2.48. The van der Waals surface area contributed by atoms with E-state index >= 15 is 0 Å². The summed E-state index contributed by atoms with van der Waals surface area (Å²) in [5.74, 6) is 0.0282. The van der Waals surface area contributed by atoms with E-state index in [0.717, 1.165) is 33.7 Å². The van der Waals surface area contributed by atoms with Crippen LogP contribution >= 0.6 is 11.8 Å². The number of esters is 1. The molecule has 0 aliphatic rings. The molecule has 0 saturated carbocycles. The van der Waals surface area contributed by atoms with Crippen molar-refractivity contribution in [2.24, 2.45) is 0 Å². The van der Waals surface area contributed by atoms with Gasteiger partial charge in [-0.05, 0) is 78.8 Å². The number of thioether (sulfide) groups is 1. The van der Waals surface area contributed by atoms with Gasteiger partial charge in [0.2, 0.25) is 0 Å². The Hall–Kier alpha value is -3.25. The first kappa shape index (κ1) is 25.4. The highest BCUT2D eigenvalue weighted by molar-refractivity contribution is 7.98. The van der Waals surface area contributed by atoms with Crippen molar-refractivity contribution in [2.45, 2.75) is 32.9 Å². The Morgan fingerprint density at radius 2 is 1.71 bits per heavy atom. The van der Waals surface area contributed by atoms with E-state index in [0.29, 0.717) is 18.5 Å². The molecule has 1 unspecified atom stereocenters. The van der Waals surface area contributed by atoms with Crippen LogP contribution in [0.2, 0.25) is 0 Å². The lowest BCUT2D eigenvalue weighted by molar-refractivity contribution is -0.142. The van der Waals surface area contributed by atoms with Crippen molar-refractivity contribution in [3.05, 3.63) is 89.0 Å². The van der Waals surface area contributed by atoms with Crippen LogP contribution in [0, 0.1) is 13.8 Å². The molecular weight excluding hydrogens is 444 g/mol. The van der Waals surface area contributed by atoms with Gasteiger partial charge in [0.05, 0.1) is 7.11 Å². The first-order valence-electron chi connectivity index (χ1n) is 11.3. The summed E-state index contributed by atoms with van der Waals surface area (Å²) < 4.78 is 4.91. The van der Waals surface area contributed by atoms with Crippen LogP contribution in [-0.2, 0) is 16.1 Å². The van der Waals surface area contributed by atoms with Crippen LogP contribution in [0.25, 0.3) is 11.1 Å². The number of carbonyl (C=O) groups is 2. The SMILES string of the molecule is COC(=O)C(CCSC)NC(=O)c1ccc(CNc2ccc(C)cc2)cc1-c1ccccc1C. The lowest BCUT2D eigenvalue weighted by Crippen LogP contribution is -2.42. The van der Waals surface area contributed by atoms with Crippen molar-refractivity contribution < 1.29 is 14.3 Å². The van der Waals surface area contributed by atoms with Gasteiger partial charge in [0.25, 0.3) is 5.91 Å². The van der Waals surface area contributed by atoms with Gasteiger partial charge in [-0.3, -0.25) is 4.79 Å². The van der Waals surface area contributed by atoms with E-state index in [1.165, 1.54) is 12.7 Å². The lowest BCUT2D eigenvalue weighted by atomic mass is 9.93. The summed E-state index contributed by atoms with van der Waals surface area (Å²) in [5.41, 5.74) is 6.75. The third-order valence-electron chi connectivity index (χ3n) is 5.71. The van der Waals surface area contributed by atoms with Crippen LogP contribution in [0.5, 0.6) is 0 Å². The summed E-state index contributed by atoms with van der Waals surface area (Å²) in [4.78, 5) is 25.6. The van der Waals surface area contributed by atoms with Gasteiger partial charge in [-0.25, -0.2) is 4.79 Å². The number of aryl methyl sites for hydroxylation is 2. The molecule has 0 fully saturated rings. The zero-order chi connectivity index (χ0) is 24.5. The summed E-state index contributed by atoms with van der Waals surface area (Å²) >= 11 is 1.62. The van der Waals surface area contributed by atoms with Gasteiger partial charge in [0, 0.05) is 17.8 Å². The minimum Gasteiger partial charge on any atom is -0.467 e. The maximum atomic E-state index is 13.3. The Balaban J connectivity index is 1.91. The van der Waals surface area contributed by atoms with Gasteiger partial charge in [0.15, 0.2) is 0 Å². The number of methoxy groups -OCH3 is 1. The molecule has 0 aliphatic heterocycles. The molecule has 0 bridgehead atoms. The second kappa shape index (κ2) is 12.3. The van der Waals surface area contributed by atoms with Gasteiger partial charge in [-0.15, -0.1) is 0 Å². The Morgan fingerprint density at radius 1 is 0.971 bits per heavy atom. The summed E-state index contributed by atoms with van der Waals surface area (Å²) in [7, 11) is 1.34. The van der Waals surface area contributed by atoms with E-state index < -0.39 is 12.0 Å². The number of amides is 1. The molecule has 6 heteroatoms. The largest absolute Gasteiger partial charge is 0.467 e. The van der Waals surface area contributed by atoms with Crippen LogP contribution in [0.1, 0.15) is 33.5 Å². The van der Waals surface area contributed by atoms with Crippen LogP contribution in [0.4, 0.5) is 5.69 Å². The summed E-state index contributed by atoms with van der Waals surface area (Å²) in [5, 5.41) is 6.33. The number of ether oxygens (including phenoxy) is 1. The molecule has 1 amide bonds. The van der Waals surface area contributed by atoms with Crippen molar-refractivity contribution in [2.75, 3.05) is 24.4 Å². The smallest absolute Gasteiger partial charge is 0.328 e. The van der Waals surface area contributed by atoms with Gasteiger partial charge >= 0.3 is 5.97 Å². The topological polar surface area (TPSA) is 67.4 Å². The first-order chi connectivity index (χ1) is 16.4. The summed E-state index contributed by atoms with van der Waals surface area (Å²) in [6.45, 7) is 4.72. The highest BCUT2D eigenvalue weighted by Gasteiger charge is 2.23. The number of anilines is 1. The Labute approximate surface area is 206 Å². The molecular formula is C28H32N2O3S. The van der Waals surface area contributed by atoms with E-state index in [2.05, 4.69) is 41.8 Å². The number of hydrogen-bond donors (Lipinski definition) is 2. The van der Waals surface area contributed by atoms with E-state index in [4.69, 9.17) is 4.74 Å². The molecule has 0 heterocycles. The van der Waals surface area contributed by atoms with Crippen LogP contribution < -0.4 is 10.6 Å². The molecule has 0 spiro atoms. The molecule has 5 nitrogen and oxygen atoms in total. The van der Waals surface area contributed by atoms with Crippen molar-refractivity contribution in [3.63, 3.8) is 0 Å². The van der Waals surface area contributed by atoms with Gasteiger partial charge in [0.1, 0.15) is 6.04 Å². The van der Waals surface area contributed by atoms with Gasteiger partial charge in [-0.1, -0.05) is 48.0 Å². The normalized spacial score (nSPS) is 11.5. The third-order valence-corrected chi connectivity index (χ3v) is 6.36. The first-order valence-corrected chi connectivity index (χ1v) is 12.7. The zero-order valence-electron chi connectivity index (χ0n) is 20.2. The van der Waals surface area contributed by atoms with E-state index in [1.807, 2.05) is 55.6 Å². The van der Waals surface area contributed by atoms with Gasteiger partial charge in [-0.2, -0.15) is 11.8 Å². The maximum absolute atomic E-state index is 13.3. The highest BCUT2D eigenvalue weighted by Crippen LogP contribution is 2.29. The van der Waals surface area contributed by atoms with Gasteiger partial charge < -0.3 is 15.4 Å². The molecule has 3 aromatic rings. The fraction of sp³-hybridized carbons (Fsp3) is 0.286. The third kappa shape index (κ3) is 6.64. The monoisotopic (exact) mass is 476 g/mol. The number of nitrogens with one attached hydrogen (secondary N) is 2. The maximum Gasteiger partial charge on any atom is 0.328 e. The molecule has 0 saturated heterocycles. The molecule has 0 aromatic heterocycles. The molecule has 3 aromatic carbocycles. The Kier molecular flexibility index (Phi) is 9.16. The second-order valence-electron chi connectivity index (χ2n) is 8.25. The lowest BCUT2D eigenvalue weighted by Gasteiger charge is -2.19. The van der Waals surface area contributed by atoms with Crippen molar-refractivity contribution in [1.82, 2.24) is 5.32 Å². The Bertz CT molecular complexity index is 1130. The second-order valence-corrected chi connectivity index (χ2v) is 9.23. The molecule has 0 radical (unpaired) electrons. The highest BCUT2D eigenvalue weighted by atomic mass is 32.2. The number of benzene rings is 3. The summed E-state index contributed by atoms with van der Waals surface area (Å²) in [6, 6.07) is 21.4. The molecule has 178 valence electrons. The average Bonchev–Trinajstić information content (AvgIpc) is 2.85. The van der Waals surface area contributed by atoms with Crippen molar-refractivity contribution in [1.29, 1.82) is 0 Å². The zero-order valence-corrected chi connectivity index (χ0v) is 21.0. The van der Waals surface area contributed by atoms with Crippen molar-refractivity contribution >= 4 is 29.3 Å². The fourth-order valence-corrected chi connectivity index (χ4v) is 4.21. The minimum atomic E-state index is -0.683. The molecule has 0 aliphatic carbocycles. The quantitative estimate of drug-likeness (QED) is 0.373. The predicted molar refractivity (Wildman–Crippen MR) is 141 cm³/mol. The number of rotatable bonds is 10. The standard InChI is InChI=1S/C28H32N2O3S/c1-19-9-12-22(13-10-19)29-18-21-11-14-24(25(17-21)23-8-6-5-7-20(23)2)27(31)30-26(15-16-34-4)28(32)33-3/h5-14,17,26,29H,15-16,18H2,1-4H3,(H,30,31). The molecule has 2 N–H and O–H groups in total. The Morgan fingerprint density at radius 3 is 2.38 bits per heavy atom. The average molecular weight is 477 g/mol.